The Balaban J connectivity index is 1.45. The van der Waals surface area contributed by atoms with Crippen LogP contribution < -0.4 is 14.9 Å². The number of nitrogens with zero attached hydrogens (tertiary/aromatic N) is 1. The lowest BCUT2D eigenvalue weighted by Gasteiger charge is -2.15. The average molecular weight is 535 g/mol. The zero-order valence-corrected chi connectivity index (χ0v) is 20.7. The van der Waals surface area contributed by atoms with Gasteiger partial charge in [0.2, 0.25) is 5.91 Å². The molecule has 7 heteroatoms. The average Bonchev–Trinajstić information content (AvgIpc) is 2.86. The third-order valence-electron chi connectivity index (χ3n) is 5.30. The van der Waals surface area contributed by atoms with Crippen LogP contribution >= 0.6 is 15.9 Å². The molecule has 0 fully saturated rings. The van der Waals surface area contributed by atoms with E-state index >= 15 is 0 Å². The molecule has 0 atom stereocenters. The summed E-state index contributed by atoms with van der Waals surface area (Å²) >= 11 is 3.55. The zero-order chi connectivity index (χ0) is 24.6. The maximum absolute atomic E-state index is 13.0. The fourth-order valence-electron chi connectivity index (χ4n) is 3.61. The van der Waals surface area contributed by atoms with Gasteiger partial charge in [0.15, 0.2) is 11.5 Å². The number of carbonyl (C=O) groups excluding carboxylic acids is 1. The zero-order valence-electron chi connectivity index (χ0n) is 19.1. The van der Waals surface area contributed by atoms with E-state index in [2.05, 4.69) is 44.7 Å². The van der Waals surface area contributed by atoms with Crippen molar-refractivity contribution in [1.82, 2.24) is 5.43 Å². The Labute approximate surface area is 211 Å². The van der Waals surface area contributed by atoms with Gasteiger partial charge < -0.3 is 9.47 Å². The van der Waals surface area contributed by atoms with E-state index in [0.717, 1.165) is 20.8 Å². The Hall–Kier alpha value is -3.71. The molecule has 178 valence electrons. The first-order valence-corrected chi connectivity index (χ1v) is 11.9. The molecule has 0 unspecified atom stereocenters. The molecule has 0 aliphatic carbocycles. The summed E-state index contributed by atoms with van der Waals surface area (Å²) in [6, 6.07) is 23.8. The molecule has 0 radical (unpaired) electrons. The van der Waals surface area contributed by atoms with Crippen LogP contribution in [0.1, 0.15) is 23.6 Å². The first kappa shape index (κ1) is 24.4. The van der Waals surface area contributed by atoms with Crippen LogP contribution in [0.25, 0.3) is 10.8 Å². The summed E-state index contributed by atoms with van der Waals surface area (Å²) in [6.07, 6.45) is 1.63. The molecule has 4 rings (SSSR count). The largest absolute Gasteiger partial charge is 0.490 e. The van der Waals surface area contributed by atoms with Gasteiger partial charge in [-0.05, 0) is 69.0 Å². The van der Waals surface area contributed by atoms with Crippen LogP contribution in [-0.2, 0) is 17.8 Å². The summed E-state index contributed by atoms with van der Waals surface area (Å²) in [5.74, 6) is 0.537. The van der Waals surface area contributed by atoms with Crippen molar-refractivity contribution in [2.24, 2.45) is 5.10 Å². The molecule has 0 saturated heterocycles. The van der Waals surface area contributed by atoms with Crippen molar-refractivity contribution in [2.75, 3.05) is 6.61 Å². The highest BCUT2D eigenvalue weighted by atomic mass is 79.9. The van der Waals surface area contributed by atoms with Gasteiger partial charge >= 0.3 is 0 Å². The highest BCUT2D eigenvalue weighted by molar-refractivity contribution is 9.10. The van der Waals surface area contributed by atoms with E-state index in [9.17, 15) is 9.18 Å². The maximum atomic E-state index is 13.0. The topological polar surface area (TPSA) is 59.9 Å². The number of rotatable bonds is 9. The lowest BCUT2D eigenvalue weighted by molar-refractivity contribution is -0.120. The predicted molar refractivity (Wildman–Crippen MR) is 139 cm³/mol. The van der Waals surface area contributed by atoms with Crippen LogP contribution in [0.4, 0.5) is 4.39 Å². The second-order valence-electron chi connectivity index (χ2n) is 7.78. The number of hydrogen-bond donors (Lipinski definition) is 1. The summed E-state index contributed by atoms with van der Waals surface area (Å²) < 4.78 is 25.7. The van der Waals surface area contributed by atoms with E-state index < -0.39 is 0 Å². The Kier molecular flexibility index (Phi) is 8.11. The first-order chi connectivity index (χ1) is 17.0. The van der Waals surface area contributed by atoms with Crippen LogP contribution in [0.3, 0.4) is 0 Å². The van der Waals surface area contributed by atoms with Gasteiger partial charge in [0.25, 0.3) is 0 Å². The van der Waals surface area contributed by atoms with Crippen molar-refractivity contribution in [1.29, 1.82) is 0 Å². The van der Waals surface area contributed by atoms with Crippen LogP contribution in [0.15, 0.2) is 88.4 Å². The Morgan fingerprint density at radius 2 is 1.74 bits per heavy atom. The maximum Gasteiger partial charge on any atom is 0.244 e. The second kappa shape index (κ2) is 11.6. The van der Waals surface area contributed by atoms with E-state index in [-0.39, 0.29) is 18.1 Å². The summed E-state index contributed by atoms with van der Waals surface area (Å²) in [5.41, 5.74) is 4.99. The van der Waals surface area contributed by atoms with Gasteiger partial charge in [-0.15, -0.1) is 0 Å². The second-order valence-corrected chi connectivity index (χ2v) is 8.63. The molecule has 0 saturated carbocycles. The molecule has 4 aromatic carbocycles. The fraction of sp³-hybridized carbons (Fsp3) is 0.143. The van der Waals surface area contributed by atoms with E-state index in [1.165, 1.54) is 18.3 Å². The van der Waals surface area contributed by atoms with Crippen LogP contribution in [-0.4, -0.2) is 18.7 Å². The number of benzene rings is 4. The number of halogens is 2. The molecule has 0 aromatic heterocycles. The first-order valence-electron chi connectivity index (χ1n) is 11.2. The van der Waals surface area contributed by atoms with E-state index in [0.29, 0.717) is 35.8 Å². The minimum absolute atomic E-state index is 0.101. The van der Waals surface area contributed by atoms with Gasteiger partial charge in [-0.3, -0.25) is 4.79 Å². The Morgan fingerprint density at radius 3 is 2.54 bits per heavy atom. The van der Waals surface area contributed by atoms with Gasteiger partial charge in [0.05, 0.1) is 19.2 Å². The Morgan fingerprint density at radius 1 is 1.00 bits per heavy atom. The molecule has 4 aromatic rings. The molecule has 5 nitrogen and oxygen atoms in total. The van der Waals surface area contributed by atoms with Crippen molar-refractivity contribution in [3.63, 3.8) is 0 Å². The van der Waals surface area contributed by atoms with Crippen LogP contribution in [0, 0.1) is 5.82 Å². The summed E-state index contributed by atoms with van der Waals surface area (Å²) in [5, 5.41) is 6.36. The van der Waals surface area contributed by atoms with Crippen LogP contribution in [0.5, 0.6) is 11.5 Å². The SMILES string of the molecule is CCOc1cc(/C=N/NC(=O)Cc2ccc(F)cc2)c(Br)cc1OCc1cccc2ccccc12. The molecule has 0 heterocycles. The number of hydrazone groups is 1. The van der Waals surface area contributed by atoms with Gasteiger partial charge in [0, 0.05) is 10.0 Å². The van der Waals surface area contributed by atoms with Gasteiger partial charge in [-0.1, -0.05) is 54.6 Å². The van der Waals surface area contributed by atoms with Crippen molar-refractivity contribution >= 4 is 38.8 Å². The standard InChI is InChI=1S/C28H24BrFN2O3/c1-2-34-26-15-22(17-31-32-28(33)14-19-10-12-23(30)13-11-19)25(29)16-27(26)35-18-21-8-5-7-20-6-3-4-9-24(20)21/h3-13,15-17H,2,14,18H2,1H3,(H,32,33)/b31-17+. The molecular weight excluding hydrogens is 511 g/mol. The van der Waals surface area contributed by atoms with E-state index in [1.807, 2.05) is 43.3 Å². The quantitative estimate of drug-likeness (QED) is 0.199. The number of fused-ring (bicyclic) bond motifs is 1. The molecule has 0 spiro atoms. The monoisotopic (exact) mass is 534 g/mol. The molecule has 0 aliphatic rings. The molecule has 0 aliphatic heterocycles. The predicted octanol–water partition coefficient (Wildman–Crippen LogP) is 6.41. The Bertz CT molecular complexity index is 1350. The van der Waals surface area contributed by atoms with Crippen molar-refractivity contribution < 1.29 is 18.7 Å². The molecule has 0 bridgehead atoms. The van der Waals surface area contributed by atoms with Crippen molar-refractivity contribution in [3.8, 4) is 11.5 Å². The lowest BCUT2D eigenvalue weighted by Crippen LogP contribution is -2.19. The number of nitrogens with one attached hydrogen (secondary N) is 1. The smallest absolute Gasteiger partial charge is 0.244 e. The summed E-state index contributed by atoms with van der Waals surface area (Å²) in [7, 11) is 0. The third-order valence-corrected chi connectivity index (χ3v) is 5.98. The normalized spacial score (nSPS) is 11.1. The highest BCUT2D eigenvalue weighted by Crippen LogP contribution is 2.34. The lowest BCUT2D eigenvalue weighted by atomic mass is 10.1. The van der Waals surface area contributed by atoms with Crippen LogP contribution in [0.2, 0.25) is 0 Å². The third kappa shape index (κ3) is 6.45. The minimum Gasteiger partial charge on any atom is -0.490 e. The van der Waals surface area contributed by atoms with E-state index in [1.54, 1.807) is 12.1 Å². The van der Waals surface area contributed by atoms with Gasteiger partial charge in [-0.2, -0.15) is 5.10 Å². The summed E-state index contributed by atoms with van der Waals surface area (Å²) in [6.45, 7) is 2.76. The molecule has 35 heavy (non-hydrogen) atoms. The number of hydrogen-bond acceptors (Lipinski definition) is 4. The molecule has 1 amide bonds. The molecule has 1 N–H and O–H groups in total. The van der Waals surface area contributed by atoms with Crippen molar-refractivity contribution in [3.05, 3.63) is 106 Å². The number of ether oxygens (including phenoxy) is 2. The summed E-state index contributed by atoms with van der Waals surface area (Å²) in [4.78, 5) is 12.1. The number of amides is 1. The van der Waals surface area contributed by atoms with Crippen molar-refractivity contribution in [2.45, 2.75) is 20.0 Å². The van der Waals surface area contributed by atoms with E-state index in [4.69, 9.17) is 9.47 Å². The van der Waals surface area contributed by atoms with Gasteiger partial charge in [0.1, 0.15) is 12.4 Å². The van der Waals surface area contributed by atoms with Gasteiger partial charge in [-0.25, -0.2) is 9.82 Å². The highest BCUT2D eigenvalue weighted by Gasteiger charge is 2.12. The molecular formula is C28H24BrFN2O3. The minimum atomic E-state index is -0.341. The fourth-order valence-corrected chi connectivity index (χ4v) is 4.03. The number of carbonyl (C=O) groups is 1.